The average Bonchev–Trinajstić information content (AvgIpc) is 3.09. The molecule has 0 N–H and O–H groups in total. The molecule has 0 spiro atoms. The number of carbonyl (C=O) groups excluding carboxylic acids is 1. The average molecular weight is 398 g/mol. The molecule has 1 saturated heterocycles. The van der Waals surface area contributed by atoms with Crippen molar-refractivity contribution in [1.82, 2.24) is 8.86 Å². The normalized spacial score (nSPS) is 15.6. The van der Waals surface area contributed by atoms with Crippen LogP contribution in [0.3, 0.4) is 0 Å². The lowest BCUT2D eigenvalue weighted by Crippen LogP contribution is -2.50. The van der Waals surface area contributed by atoms with E-state index < -0.39 is 6.04 Å². The SMILES string of the molecule is COc1cccc(N2CCN(C(=O)[C@H](C)n3sc4ccccc4c3=O)CC2)c1. The molecule has 7 heteroatoms. The number of benzene rings is 2. The summed E-state index contributed by atoms with van der Waals surface area (Å²) in [5.41, 5.74) is 1.01. The van der Waals surface area contributed by atoms with Gasteiger partial charge in [0.2, 0.25) is 5.91 Å². The van der Waals surface area contributed by atoms with Gasteiger partial charge in [0.15, 0.2) is 0 Å². The fraction of sp³-hybridized carbons (Fsp3) is 0.333. The van der Waals surface area contributed by atoms with Crippen molar-refractivity contribution in [3.05, 3.63) is 58.9 Å². The molecule has 0 saturated carbocycles. The zero-order valence-electron chi connectivity index (χ0n) is 16.0. The maximum atomic E-state index is 13.0. The second-order valence-corrected chi connectivity index (χ2v) is 7.92. The zero-order valence-corrected chi connectivity index (χ0v) is 16.8. The smallest absolute Gasteiger partial charge is 0.269 e. The predicted octanol–water partition coefficient (Wildman–Crippen LogP) is 2.98. The van der Waals surface area contributed by atoms with Crippen molar-refractivity contribution in [3.63, 3.8) is 0 Å². The minimum absolute atomic E-state index is 0.000974. The number of piperazine rings is 1. The molecule has 4 rings (SSSR count). The maximum Gasteiger partial charge on any atom is 0.269 e. The Labute approximate surface area is 167 Å². The summed E-state index contributed by atoms with van der Waals surface area (Å²) in [7, 11) is 1.66. The first-order valence-electron chi connectivity index (χ1n) is 9.37. The Kier molecular flexibility index (Phi) is 5.09. The molecule has 1 atom stereocenters. The molecule has 1 amide bonds. The van der Waals surface area contributed by atoms with Gasteiger partial charge in [-0.15, -0.1) is 0 Å². The van der Waals surface area contributed by atoms with E-state index in [-0.39, 0.29) is 11.5 Å². The van der Waals surface area contributed by atoms with E-state index >= 15 is 0 Å². The molecular weight excluding hydrogens is 374 g/mol. The maximum absolute atomic E-state index is 13.0. The van der Waals surface area contributed by atoms with Crippen LogP contribution in [0.5, 0.6) is 5.75 Å². The molecule has 3 aromatic rings. The number of anilines is 1. The lowest BCUT2D eigenvalue weighted by Gasteiger charge is -2.37. The third-order valence-corrected chi connectivity index (χ3v) is 6.46. The lowest BCUT2D eigenvalue weighted by molar-refractivity contribution is -0.134. The van der Waals surface area contributed by atoms with E-state index in [1.54, 1.807) is 11.1 Å². The van der Waals surface area contributed by atoms with Crippen LogP contribution in [-0.4, -0.2) is 48.1 Å². The second-order valence-electron chi connectivity index (χ2n) is 6.91. The highest BCUT2D eigenvalue weighted by atomic mass is 32.1. The van der Waals surface area contributed by atoms with E-state index in [2.05, 4.69) is 11.0 Å². The van der Waals surface area contributed by atoms with Gasteiger partial charge >= 0.3 is 0 Å². The third-order valence-electron chi connectivity index (χ3n) is 5.23. The van der Waals surface area contributed by atoms with Gasteiger partial charge in [-0.3, -0.25) is 13.5 Å². The molecule has 146 valence electrons. The van der Waals surface area contributed by atoms with Gasteiger partial charge < -0.3 is 14.5 Å². The number of aromatic nitrogens is 1. The Hall–Kier alpha value is -2.80. The van der Waals surface area contributed by atoms with Crippen LogP contribution in [0.25, 0.3) is 10.1 Å². The van der Waals surface area contributed by atoms with Gasteiger partial charge in [0.05, 0.1) is 17.2 Å². The van der Waals surface area contributed by atoms with Crippen molar-refractivity contribution in [3.8, 4) is 5.75 Å². The number of hydrogen-bond acceptors (Lipinski definition) is 5. The summed E-state index contributed by atoms with van der Waals surface area (Å²) < 4.78 is 7.81. The quantitative estimate of drug-likeness (QED) is 0.679. The Bertz CT molecular complexity index is 1050. The standard InChI is InChI=1S/C21H23N3O3S/c1-15(24-21(26)18-8-3-4-9-19(18)28-24)20(25)23-12-10-22(11-13-23)16-6-5-7-17(14-16)27-2/h3-9,14-15H,10-13H2,1-2H3/t15-/m0/s1. The van der Waals surface area contributed by atoms with E-state index in [9.17, 15) is 9.59 Å². The molecule has 2 aromatic carbocycles. The van der Waals surface area contributed by atoms with Gasteiger partial charge in [0.1, 0.15) is 11.8 Å². The molecule has 0 aliphatic carbocycles. The minimum atomic E-state index is -0.492. The molecule has 28 heavy (non-hydrogen) atoms. The van der Waals surface area contributed by atoms with Gasteiger partial charge in [0, 0.05) is 37.9 Å². The summed E-state index contributed by atoms with van der Waals surface area (Å²) in [6, 6.07) is 15.0. The van der Waals surface area contributed by atoms with Crippen molar-refractivity contribution in [2.75, 3.05) is 38.2 Å². The molecule has 1 aromatic heterocycles. The van der Waals surface area contributed by atoms with E-state index in [0.29, 0.717) is 18.5 Å². The molecule has 0 bridgehead atoms. The highest BCUT2D eigenvalue weighted by Crippen LogP contribution is 2.24. The lowest BCUT2D eigenvalue weighted by atomic mass is 10.2. The summed E-state index contributed by atoms with van der Waals surface area (Å²) in [5, 5.41) is 0.676. The predicted molar refractivity (Wildman–Crippen MR) is 113 cm³/mol. The molecule has 1 aliphatic rings. The Balaban J connectivity index is 1.46. The molecule has 1 fully saturated rings. The van der Waals surface area contributed by atoms with Gasteiger partial charge in [-0.2, -0.15) is 0 Å². The van der Waals surface area contributed by atoms with Crippen LogP contribution in [0.1, 0.15) is 13.0 Å². The summed E-state index contributed by atoms with van der Waals surface area (Å²) in [6.45, 7) is 4.60. The van der Waals surface area contributed by atoms with Crippen LogP contribution in [0.15, 0.2) is 53.3 Å². The molecular formula is C21H23N3O3S. The van der Waals surface area contributed by atoms with Crippen LogP contribution in [0.4, 0.5) is 5.69 Å². The number of rotatable bonds is 4. The molecule has 2 heterocycles. The first-order chi connectivity index (χ1) is 13.6. The third kappa shape index (κ3) is 3.38. The summed E-state index contributed by atoms with van der Waals surface area (Å²) in [4.78, 5) is 29.8. The molecule has 6 nitrogen and oxygen atoms in total. The number of methoxy groups -OCH3 is 1. The summed E-state index contributed by atoms with van der Waals surface area (Å²) >= 11 is 1.36. The van der Waals surface area contributed by atoms with Crippen LogP contribution in [-0.2, 0) is 4.79 Å². The van der Waals surface area contributed by atoms with Crippen molar-refractivity contribution in [1.29, 1.82) is 0 Å². The van der Waals surface area contributed by atoms with E-state index in [0.717, 1.165) is 29.2 Å². The number of hydrogen-bond donors (Lipinski definition) is 0. The Morgan fingerprint density at radius 3 is 2.54 bits per heavy atom. The topological polar surface area (TPSA) is 54.8 Å². The van der Waals surface area contributed by atoms with Crippen molar-refractivity contribution in [2.45, 2.75) is 13.0 Å². The Morgan fingerprint density at radius 2 is 1.82 bits per heavy atom. The highest BCUT2D eigenvalue weighted by molar-refractivity contribution is 7.14. The summed E-state index contributed by atoms with van der Waals surface area (Å²) in [5.74, 6) is 0.827. The van der Waals surface area contributed by atoms with Gasteiger partial charge in [0.25, 0.3) is 5.56 Å². The number of fused-ring (bicyclic) bond motifs is 1. The molecule has 1 aliphatic heterocycles. The summed E-state index contributed by atoms with van der Waals surface area (Å²) in [6.07, 6.45) is 0. The zero-order chi connectivity index (χ0) is 19.7. The number of carbonyl (C=O) groups is 1. The number of amides is 1. The van der Waals surface area contributed by atoms with Gasteiger partial charge in [-0.25, -0.2) is 0 Å². The van der Waals surface area contributed by atoms with Crippen molar-refractivity contribution in [2.24, 2.45) is 0 Å². The van der Waals surface area contributed by atoms with Crippen LogP contribution in [0, 0.1) is 0 Å². The molecule has 0 radical (unpaired) electrons. The van der Waals surface area contributed by atoms with Crippen LogP contribution in [0.2, 0.25) is 0 Å². The van der Waals surface area contributed by atoms with E-state index in [1.807, 2.05) is 54.3 Å². The first kappa shape index (κ1) is 18.6. The highest BCUT2D eigenvalue weighted by Gasteiger charge is 2.27. The largest absolute Gasteiger partial charge is 0.497 e. The fourth-order valence-electron chi connectivity index (χ4n) is 3.60. The monoisotopic (exact) mass is 397 g/mol. The van der Waals surface area contributed by atoms with E-state index in [1.165, 1.54) is 11.5 Å². The van der Waals surface area contributed by atoms with Crippen LogP contribution < -0.4 is 15.2 Å². The Morgan fingerprint density at radius 1 is 1.07 bits per heavy atom. The van der Waals surface area contributed by atoms with Crippen LogP contribution >= 0.6 is 11.5 Å². The van der Waals surface area contributed by atoms with Gasteiger partial charge in [-0.05, 0) is 31.2 Å². The van der Waals surface area contributed by atoms with Gasteiger partial charge in [-0.1, -0.05) is 29.7 Å². The van der Waals surface area contributed by atoms with Crippen molar-refractivity contribution >= 4 is 33.2 Å². The number of nitrogens with zero attached hydrogens (tertiary/aromatic N) is 3. The second kappa shape index (κ2) is 7.67. The van der Waals surface area contributed by atoms with E-state index in [4.69, 9.17) is 4.74 Å². The molecule has 0 unspecified atom stereocenters. The minimum Gasteiger partial charge on any atom is -0.497 e. The fourth-order valence-corrected chi connectivity index (χ4v) is 4.64. The number of ether oxygens (including phenoxy) is 1. The van der Waals surface area contributed by atoms with Crippen molar-refractivity contribution < 1.29 is 9.53 Å². The first-order valence-corrected chi connectivity index (χ1v) is 10.1.